The van der Waals surface area contributed by atoms with E-state index >= 15 is 0 Å². The fourth-order valence-corrected chi connectivity index (χ4v) is 0.169. The van der Waals surface area contributed by atoms with Gasteiger partial charge in [-0.05, 0) is 0 Å². The molecule has 0 saturated carbocycles. The standard InChI is InChI=1S/C4H7NO2/c5-4(7)2-1-3-6/h1-2,6H,3H2,(H2,5,7). The maximum Gasteiger partial charge on any atom is 0.241 e. The molecule has 0 atom stereocenters. The summed E-state index contributed by atoms with van der Waals surface area (Å²) in [6.45, 7) is -0.136. The molecule has 0 bridgehead atoms. The number of carbonyl (C=O) groups excluding carboxylic acids is 1. The van der Waals surface area contributed by atoms with Gasteiger partial charge >= 0.3 is 0 Å². The molecule has 0 fully saturated rings. The molecular formula is C4H7NO2. The predicted molar refractivity (Wildman–Crippen MR) is 25.4 cm³/mol. The highest BCUT2D eigenvalue weighted by molar-refractivity contribution is 5.85. The molecule has 7 heavy (non-hydrogen) atoms. The lowest BCUT2D eigenvalue weighted by Gasteiger charge is -1.74. The second-order valence-corrected chi connectivity index (χ2v) is 0.987. The highest BCUT2D eigenvalue weighted by atomic mass is 16.2. The first kappa shape index (κ1) is 6.17. The molecule has 0 rings (SSSR count). The van der Waals surface area contributed by atoms with Gasteiger partial charge in [0.25, 0.3) is 0 Å². The van der Waals surface area contributed by atoms with Crippen LogP contribution in [0, 0.1) is 0 Å². The van der Waals surface area contributed by atoms with Crippen LogP contribution >= 0.6 is 0 Å². The zero-order valence-electron chi connectivity index (χ0n) is 3.79. The van der Waals surface area contributed by atoms with Crippen molar-refractivity contribution in [2.75, 3.05) is 6.61 Å². The van der Waals surface area contributed by atoms with Crippen molar-refractivity contribution in [1.29, 1.82) is 0 Å². The van der Waals surface area contributed by atoms with Gasteiger partial charge in [-0.15, -0.1) is 0 Å². The van der Waals surface area contributed by atoms with Crippen LogP contribution in [0.2, 0.25) is 0 Å². The molecule has 3 nitrogen and oxygen atoms in total. The van der Waals surface area contributed by atoms with Crippen LogP contribution in [0.3, 0.4) is 0 Å². The van der Waals surface area contributed by atoms with Crippen LogP contribution in [0.15, 0.2) is 12.2 Å². The largest absolute Gasteiger partial charge is 0.392 e. The molecule has 0 saturated heterocycles. The van der Waals surface area contributed by atoms with Crippen molar-refractivity contribution in [2.45, 2.75) is 0 Å². The summed E-state index contributed by atoms with van der Waals surface area (Å²) in [5.41, 5.74) is 4.64. The minimum atomic E-state index is -0.533. The molecule has 40 valence electrons. The van der Waals surface area contributed by atoms with Gasteiger partial charge in [0, 0.05) is 6.08 Å². The minimum Gasteiger partial charge on any atom is -0.392 e. The molecule has 0 aromatic rings. The average Bonchev–Trinajstić information content (AvgIpc) is 1.61. The first-order valence-corrected chi connectivity index (χ1v) is 1.84. The van der Waals surface area contributed by atoms with E-state index in [4.69, 9.17) is 5.11 Å². The van der Waals surface area contributed by atoms with Crippen LogP contribution in [-0.2, 0) is 4.79 Å². The molecule has 0 radical (unpaired) electrons. The van der Waals surface area contributed by atoms with Crippen molar-refractivity contribution in [3.63, 3.8) is 0 Å². The topological polar surface area (TPSA) is 63.3 Å². The van der Waals surface area contributed by atoms with Crippen LogP contribution in [0.4, 0.5) is 0 Å². The fraction of sp³-hybridized carbons (Fsp3) is 0.250. The van der Waals surface area contributed by atoms with Gasteiger partial charge in [-0.25, -0.2) is 0 Å². The van der Waals surface area contributed by atoms with Crippen molar-refractivity contribution in [3.8, 4) is 0 Å². The Morgan fingerprint density at radius 2 is 2.43 bits per heavy atom. The van der Waals surface area contributed by atoms with Gasteiger partial charge in [-0.3, -0.25) is 4.79 Å². The maximum absolute atomic E-state index is 9.78. The molecule has 0 aliphatic heterocycles. The van der Waals surface area contributed by atoms with E-state index in [1.54, 1.807) is 0 Å². The Morgan fingerprint density at radius 1 is 1.86 bits per heavy atom. The van der Waals surface area contributed by atoms with E-state index in [1.807, 2.05) is 0 Å². The quantitative estimate of drug-likeness (QED) is 0.439. The highest BCUT2D eigenvalue weighted by Crippen LogP contribution is 1.64. The lowest BCUT2D eigenvalue weighted by Crippen LogP contribution is -2.05. The zero-order valence-corrected chi connectivity index (χ0v) is 3.79. The van der Waals surface area contributed by atoms with Gasteiger partial charge in [0.1, 0.15) is 0 Å². The maximum atomic E-state index is 9.78. The van der Waals surface area contributed by atoms with Gasteiger partial charge in [0.05, 0.1) is 6.61 Å². The number of aliphatic hydroxyl groups excluding tert-OH is 1. The van der Waals surface area contributed by atoms with E-state index in [-0.39, 0.29) is 6.61 Å². The van der Waals surface area contributed by atoms with Gasteiger partial charge in [0.15, 0.2) is 0 Å². The van der Waals surface area contributed by atoms with Crippen LogP contribution in [0.5, 0.6) is 0 Å². The van der Waals surface area contributed by atoms with Gasteiger partial charge < -0.3 is 10.8 Å². The second kappa shape index (κ2) is 3.36. The first-order chi connectivity index (χ1) is 3.27. The van der Waals surface area contributed by atoms with E-state index in [0.717, 1.165) is 6.08 Å². The van der Waals surface area contributed by atoms with Crippen LogP contribution in [0.1, 0.15) is 0 Å². The number of nitrogens with two attached hydrogens (primary N) is 1. The molecule has 0 heterocycles. The fourth-order valence-electron chi connectivity index (χ4n) is 0.169. The molecule has 0 aliphatic rings. The van der Waals surface area contributed by atoms with Gasteiger partial charge in [0.2, 0.25) is 5.91 Å². The normalized spacial score (nSPS) is 9.86. The Labute approximate surface area is 41.4 Å². The van der Waals surface area contributed by atoms with Gasteiger partial charge in [-0.1, -0.05) is 6.08 Å². The van der Waals surface area contributed by atoms with Crippen molar-refractivity contribution in [3.05, 3.63) is 12.2 Å². The SMILES string of the molecule is NC(=O)C=CCO. The number of carbonyl (C=O) groups is 1. The summed E-state index contributed by atoms with van der Waals surface area (Å²) >= 11 is 0. The Morgan fingerprint density at radius 3 is 2.57 bits per heavy atom. The summed E-state index contributed by atoms with van der Waals surface area (Å²) in [5, 5.41) is 8.02. The molecule has 3 N–H and O–H groups in total. The second-order valence-electron chi connectivity index (χ2n) is 0.987. The van der Waals surface area contributed by atoms with Crippen LogP contribution in [-0.4, -0.2) is 17.6 Å². The molecule has 0 unspecified atom stereocenters. The van der Waals surface area contributed by atoms with E-state index in [9.17, 15) is 4.79 Å². The van der Waals surface area contributed by atoms with Crippen molar-refractivity contribution in [2.24, 2.45) is 5.73 Å². The van der Waals surface area contributed by atoms with E-state index in [2.05, 4.69) is 5.73 Å². The van der Waals surface area contributed by atoms with E-state index in [1.165, 1.54) is 6.08 Å². The molecule has 0 aromatic carbocycles. The van der Waals surface area contributed by atoms with Crippen LogP contribution in [0.25, 0.3) is 0 Å². The predicted octanol–water partition coefficient (Wildman–Crippen LogP) is -0.980. The number of rotatable bonds is 2. The third-order valence-electron chi connectivity index (χ3n) is 0.388. The summed E-state index contributed by atoms with van der Waals surface area (Å²) in [6.07, 6.45) is 2.39. The summed E-state index contributed by atoms with van der Waals surface area (Å²) in [6, 6.07) is 0. The monoisotopic (exact) mass is 101 g/mol. The molecule has 0 aromatic heterocycles. The molecular weight excluding hydrogens is 94.0 g/mol. The number of primary amides is 1. The number of hydrogen-bond donors (Lipinski definition) is 2. The Bertz CT molecular complexity index is 87.7. The third-order valence-corrected chi connectivity index (χ3v) is 0.388. The molecule has 3 heteroatoms. The molecule has 0 aliphatic carbocycles. The Balaban J connectivity index is 3.26. The summed E-state index contributed by atoms with van der Waals surface area (Å²) in [4.78, 5) is 9.78. The first-order valence-electron chi connectivity index (χ1n) is 1.84. The van der Waals surface area contributed by atoms with E-state index in [0.29, 0.717) is 0 Å². The van der Waals surface area contributed by atoms with Crippen molar-refractivity contribution < 1.29 is 9.90 Å². The summed E-state index contributed by atoms with van der Waals surface area (Å²) in [5.74, 6) is -0.533. The molecule has 1 amide bonds. The smallest absolute Gasteiger partial charge is 0.241 e. The highest BCUT2D eigenvalue weighted by Gasteiger charge is 1.76. The number of amides is 1. The number of hydrogen-bond acceptors (Lipinski definition) is 2. The van der Waals surface area contributed by atoms with Crippen molar-refractivity contribution in [1.82, 2.24) is 0 Å². The molecule has 0 spiro atoms. The third kappa shape index (κ3) is 5.17. The number of aliphatic hydroxyl groups is 1. The average molecular weight is 101 g/mol. The Hall–Kier alpha value is -0.830. The summed E-state index contributed by atoms with van der Waals surface area (Å²) in [7, 11) is 0. The Kier molecular flexibility index (Phi) is 2.96. The van der Waals surface area contributed by atoms with Crippen LogP contribution < -0.4 is 5.73 Å². The zero-order chi connectivity index (χ0) is 5.70. The summed E-state index contributed by atoms with van der Waals surface area (Å²) < 4.78 is 0. The van der Waals surface area contributed by atoms with E-state index < -0.39 is 5.91 Å². The lowest BCUT2D eigenvalue weighted by molar-refractivity contribution is -0.113. The minimum absolute atomic E-state index is 0.136. The lowest BCUT2D eigenvalue weighted by atomic mass is 10.5. The van der Waals surface area contributed by atoms with Gasteiger partial charge in [-0.2, -0.15) is 0 Å². The van der Waals surface area contributed by atoms with Crippen molar-refractivity contribution >= 4 is 5.91 Å².